The molecule has 0 radical (unpaired) electrons. The highest BCUT2D eigenvalue weighted by atomic mass is 16.6. The van der Waals surface area contributed by atoms with Crippen LogP contribution in [0.3, 0.4) is 0 Å². The summed E-state index contributed by atoms with van der Waals surface area (Å²) in [4.78, 5) is 26.5. The predicted molar refractivity (Wildman–Crippen MR) is 88.2 cm³/mol. The maximum atomic E-state index is 12.8. The number of hydrogen-bond acceptors (Lipinski definition) is 5. The van der Waals surface area contributed by atoms with Crippen LogP contribution in [-0.4, -0.2) is 41.5 Å². The zero-order chi connectivity index (χ0) is 18.1. The minimum absolute atomic E-state index is 0.525. The van der Waals surface area contributed by atoms with Crippen molar-refractivity contribution in [1.82, 2.24) is 4.90 Å². The predicted octanol–water partition coefficient (Wildman–Crippen LogP) is 3.27. The zero-order valence-corrected chi connectivity index (χ0v) is 15.0. The highest BCUT2D eigenvalue weighted by Gasteiger charge is 2.54. The quantitative estimate of drug-likeness (QED) is 0.776. The zero-order valence-electron chi connectivity index (χ0n) is 15.0. The summed E-state index contributed by atoms with van der Waals surface area (Å²) in [5, 5.41) is 0. The summed E-state index contributed by atoms with van der Waals surface area (Å²) in [6.07, 6.45) is -1.45. The summed E-state index contributed by atoms with van der Waals surface area (Å²) in [5.41, 5.74) is -0.885. The topological polar surface area (TPSA) is 65.1 Å². The van der Waals surface area contributed by atoms with Gasteiger partial charge in [0.2, 0.25) is 0 Å². The lowest BCUT2D eigenvalue weighted by atomic mass is 10.0. The molecule has 1 aromatic rings. The Kier molecular flexibility index (Phi) is 4.90. The van der Waals surface area contributed by atoms with Crippen molar-refractivity contribution >= 4 is 12.1 Å². The number of rotatable bonds is 2. The second-order valence-corrected chi connectivity index (χ2v) is 7.21. The molecule has 0 aromatic heterocycles. The van der Waals surface area contributed by atoms with Gasteiger partial charge >= 0.3 is 12.1 Å². The molecule has 0 saturated carbocycles. The smallest absolute Gasteiger partial charge is 0.413 e. The summed E-state index contributed by atoms with van der Waals surface area (Å²) < 4.78 is 16.3. The van der Waals surface area contributed by atoms with Crippen LogP contribution >= 0.6 is 0 Å². The number of benzene rings is 1. The number of esters is 1. The lowest BCUT2D eigenvalue weighted by Crippen LogP contribution is -2.47. The van der Waals surface area contributed by atoms with Crippen molar-refractivity contribution in [2.75, 3.05) is 7.11 Å². The molecule has 24 heavy (non-hydrogen) atoms. The monoisotopic (exact) mass is 335 g/mol. The molecule has 1 fully saturated rings. The number of ether oxygens (including phenoxy) is 3. The third-order valence-electron chi connectivity index (χ3n) is 3.73. The van der Waals surface area contributed by atoms with E-state index >= 15 is 0 Å². The molecule has 1 heterocycles. The molecule has 6 heteroatoms. The fourth-order valence-corrected chi connectivity index (χ4v) is 2.81. The first kappa shape index (κ1) is 18.3. The Morgan fingerprint density at radius 1 is 1.17 bits per heavy atom. The van der Waals surface area contributed by atoms with Gasteiger partial charge in [0, 0.05) is 0 Å². The lowest BCUT2D eigenvalue weighted by molar-refractivity contribution is -0.158. The molecule has 0 aliphatic carbocycles. The maximum absolute atomic E-state index is 12.8. The molecule has 0 unspecified atom stereocenters. The molecule has 2 atom stereocenters. The molecule has 2 rings (SSSR count). The summed E-state index contributed by atoms with van der Waals surface area (Å²) in [6, 6.07) is 8.65. The van der Waals surface area contributed by atoms with Crippen LogP contribution in [0, 0.1) is 0 Å². The van der Waals surface area contributed by atoms with E-state index in [1.54, 1.807) is 34.6 Å². The Morgan fingerprint density at radius 3 is 2.25 bits per heavy atom. The minimum Gasteiger partial charge on any atom is -0.467 e. The van der Waals surface area contributed by atoms with Crippen molar-refractivity contribution < 1.29 is 23.8 Å². The van der Waals surface area contributed by atoms with Gasteiger partial charge in [-0.25, -0.2) is 9.59 Å². The first-order valence-electron chi connectivity index (χ1n) is 7.90. The normalized spacial score (nSPS) is 23.0. The fraction of sp³-hybridized carbons (Fsp3) is 0.556. The van der Waals surface area contributed by atoms with Crippen LogP contribution in [0.25, 0.3) is 0 Å². The van der Waals surface area contributed by atoms with Gasteiger partial charge in [0.25, 0.3) is 0 Å². The second kappa shape index (κ2) is 6.43. The largest absolute Gasteiger partial charge is 0.467 e. The average molecular weight is 335 g/mol. The Hall–Kier alpha value is -2.08. The highest BCUT2D eigenvalue weighted by molar-refractivity contribution is 5.79. The fourth-order valence-electron chi connectivity index (χ4n) is 2.81. The Labute approximate surface area is 142 Å². The van der Waals surface area contributed by atoms with Crippen LogP contribution in [-0.2, 0) is 19.0 Å². The average Bonchev–Trinajstić information content (AvgIpc) is 2.77. The maximum Gasteiger partial charge on any atom is 0.413 e. The molecule has 1 amide bonds. The third kappa shape index (κ3) is 3.70. The number of carbonyl (C=O) groups excluding carboxylic acids is 2. The van der Waals surface area contributed by atoms with Crippen molar-refractivity contribution in [3.8, 4) is 0 Å². The van der Waals surface area contributed by atoms with Gasteiger partial charge in [0.1, 0.15) is 17.4 Å². The Bertz CT molecular complexity index is 606. The molecule has 1 aromatic carbocycles. The molecule has 1 saturated heterocycles. The second-order valence-electron chi connectivity index (χ2n) is 7.21. The van der Waals surface area contributed by atoms with Gasteiger partial charge in [-0.3, -0.25) is 4.90 Å². The molecule has 1 aliphatic rings. The molecule has 0 N–H and O–H groups in total. The number of carbonyl (C=O) groups is 2. The van der Waals surface area contributed by atoms with Gasteiger partial charge in [-0.1, -0.05) is 30.3 Å². The molecule has 1 aliphatic heterocycles. The lowest BCUT2D eigenvalue weighted by Gasteiger charge is -2.35. The standard InChI is InChI=1S/C18H25NO5/c1-17(2,3)24-16(21)19-13(12-10-8-7-9-11-12)14(15(20)22-6)23-18(19,4)5/h7-11,13-14H,1-6H3/t13-,14+/m0/s1. The van der Waals surface area contributed by atoms with Gasteiger partial charge in [-0.15, -0.1) is 0 Å². The molecular weight excluding hydrogens is 310 g/mol. The van der Waals surface area contributed by atoms with Crippen LogP contribution < -0.4 is 0 Å². The minimum atomic E-state index is -1.01. The Balaban J connectivity index is 2.47. The number of amides is 1. The van der Waals surface area contributed by atoms with Gasteiger partial charge < -0.3 is 14.2 Å². The van der Waals surface area contributed by atoms with Crippen LogP contribution in [0.1, 0.15) is 46.2 Å². The number of methoxy groups -OCH3 is 1. The highest BCUT2D eigenvalue weighted by Crippen LogP contribution is 2.42. The summed E-state index contributed by atoms with van der Waals surface area (Å²) in [7, 11) is 1.30. The van der Waals surface area contributed by atoms with E-state index in [-0.39, 0.29) is 0 Å². The molecule has 6 nitrogen and oxygen atoms in total. The Morgan fingerprint density at radius 2 is 1.75 bits per heavy atom. The number of hydrogen-bond donors (Lipinski definition) is 0. The third-order valence-corrected chi connectivity index (χ3v) is 3.73. The molecule has 132 valence electrons. The van der Waals surface area contributed by atoms with Gasteiger partial charge in [-0.2, -0.15) is 0 Å². The van der Waals surface area contributed by atoms with E-state index in [0.717, 1.165) is 5.56 Å². The van der Waals surface area contributed by atoms with Crippen LogP contribution in [0.5, 0.6) is 0 Å². The molecule has 0 spiro atoms. The van der Waals surface area contributed by atoms with Crippen LogP contribution in [0.2, 0.25) is 0 Å². The number of nitrogens with zero attached hydrogens (tertiary/aromatic N) is 1. The molecule has 0 bridgehead atoms. The van der Waals surface area contributed by atoms with Crippen LogP contribution in [0.4, 0.5) is 4.79 Å². The van der Waals surface area contributed by atoms with Crippen molar-refractivity contribution in [2.24, 2.45) is 0 Å². The van der Waals surface area contributed by atoms with E-state index in [1.807, 2.05) is 30.3 Å². The van der Waals surface area contributed by atoms with Crippen molar-refractivity contribution in [3.05, 3.63) is 35.9 Å². The van der Waals surface area contributed by atoms with Gasteiger partial charge in [0.05, 0.1) is 7.11 Å². The van der Waals surface area contributed by atoms with Gasteiger partial charge in [0.15, 0.2) is 6.10 Å². The van der Waals surface area contributed by atoms with E-state index in [1.165, 1.54) is 12.0 Å². The van der Waals surface area contributed by atoms with Crippen molar-refractivity contribution in [2.45, 2.75) is 58.1 Å². The summed E-state index contributed by atoms with van der Waals surface area (Å²) in [5.74, 6) is -0.525. The van der Waals surface area contributed by atoms with E-state index in [4.69, 9.17) is 14.2 Å². The first-order chi connectivity index (χ1) is 11.1. The SMILES string of the molecule is COC(=O)[C@@H]1OC(C)(C)N(C(=O)OC(C)(C)C)[C@H]1c1ccccc1. The van der Waals surface area contributed by atoms with E-state index in [0.29, 0.717) is 0 Å². The first-order valence-corrected chi connectivity index (χ1v) is 7.90. The molecular formula is C18H25NO5. The van der Waals surface area contributed by atoms with E-state index in [9.17, 15) is 9.59 Å². The van der Waals surface area contributed by atoms with Crippen molar-refractivity contribution in [1.29, 1.82) is 0 Å². The van der Waals surface area contributed by atoms with Crippen molar-refractivity contribution in [3.63, 3.8) is 0 Å². The van der Waals surface area contributed by atoms with E-state index in [2.05, 4.69) is 0 Å². The summed E-state index contributed by atoms with van der Waals surface area (Å²) in [6.45, 7) is 8.85. The van der Waals surface area contributed by atoms with E-state index < -0.39 is 35.5 Å². The van der Waals surface area contributed by atoms with Crippen LogP contribution in [0.15, 0.2) is 30.3 Å². The van der Waals surface area contributed by atoms with Gasteiger partial charge in [-0.05, 0) is 40.2 Å². The summed E-state index contributed by atoms with van der Waals surface area (Å²) >= 11 is 0.